The van der Waals surface area contributed by atoms with E-state index in [1.165, 1.54) is 14.2 Å². The molecule has 0 radical (unpaired) electrons. The third kappa shape index (κ3) is 2.50. The van der Waals surface area contributed by atoms with Crippen LogP contribution in [0.3, 0.4) is 0 Å². The van der Waals surface area contributed by atoms with Crippen molar-refractivity contribution in [3.63, 3.8) is 0 Å². The molecule has 1 aliphatic rings. The monoisotopic (exact) mass is 336 g/mol. The Hall–Kier alpha value is -0.720. The van der Waals surface area contributed by atoms with Gasteiger partial charge in [-0.1, -0.05) is 15.9 Å². The first kappa shape index (κ1) is 13.7. The first-order valence-corrected chi connectivity index (χ1v) is 7.15. The summed E-state index contributed by atoms with van der Waals surface area (Å²) in [6, 6.07) is 4.95. The van der Waals surface area contributed by atoms with E-state index in [0.29, 0.717) is 11.1 Å². The maximum Gasteiger partial charge on any atom is 0.477 e. The summed E-state index contributed by atoms with van der Waals surface area (Å²) >= 11 is 3.27. The Labute approximate surface area is 112 Å². The first-order valence-electron chi connectivity index (χ1n) is 4.89. The highest BCUT2D eigenvalue weighted by Gasteiger charge is 2.38. The molecule has 0 aliphatic carbocycles. The number of esters is 1. The molecular formula is C10H10BrO6P. The molecule has 1 aromatic rings. The molecule has 0 amide bonds. The zero-order chi connectivity index (χ0) is 13.3. The van der Waals surface area contributed by atoms with E-state index in [-0.39, 0.29) is 0 Å². The van der Waals surface area contributed by atoms with Crippen LogP contribution in [0.5, 0.6) is 0 Å². The van der Waals surface area contributed by atoms with Crippen LogP contribution >= 0.6 is 23.8 Å². The number of hydrogen-bond donors (Lipinski definition) is 0. The van der Waals surface area contributed by atoms with Gasteiger partial charge in [0.05, 0.1) is 5.56 Å². The van der Waals surface area contributed by atoms with Crippen LogP contribution in [0.2, 0.25) is 0 Å². The summed E-state index contributed by atoms with van der Waals surface area (Å²) in [6.45, 7) is 0. The van der Waals surface area contributed by atoms with Crippen molar-refractivity contribution in [1.82, 2.24) is 0 Å². The smallest absolute Gasteiger partial charge is 0.427 e. The topological polar surface area (TPSA) is 71.1 Å². The number of phosphoric ester groups is 1. The van der Waals surface area contributed by atoms with Crippen molar-refractivity contribution >= 4 is 29.7 Å². The second-order valence-corrected chi connectivity index (χ2v) is 6.14. The number of rotatable bonds is 4. The van der Waals surface area contributed by atoms with E-state index in [0.717, 1.165) is 4.47 Å². The number of benzene rings is 1. The van der Waals surface area contributed by atoms with Crippen molar-refractivity contribution in [2.24, 2.45) is 0 Å². The van der Waals surface area contributed by atoms with Gasteiger partial charge < -0.3 is 4.74 Å². The number of halogens is 1. The maximum absolute atomic E-state index is 11.8. The van der Waals surface area contributed by atoms with Gasteiger partial charge in [-0.2, -0.15) is 0 Å². The van der Waals surface area contributed by atoms with Crippen LogP contribution in [0, 0.1) is 0 Å². The van der Waals surface area contributed by atoms with Gasteiger partial charge in [0, 0.05) is 24.3 Å². The van der Waals surface area contributed by atoms with E-state index in [1.807, 2.05) is 0 Å². The summed E-state index contributed by atoms with van der Waals surface area (Å²) in [6.07, 6.45) is -1.10. The highest BCUT2D eigenvalue weighted by Crippen LogP contribution is 2.53. The summed E-state index contributed by atoms with van der Waals surface area (Å²) in [5.41, 5.74) is 0.839. The molecule has 1 unspecified atom stereocenters. The summed E-state index contributed by atoms with van der Waals surface area (Å²) in [5.74, 6) is -0.541. The summed E-state index contributed by atoms with van der Waals surface area (Å²) < 4.78 is 31.9. The van der Waals surface area contributed by atoms with Gasteiger partial charge in [0.25, 0.3) is 0 Å². The molecule has 0 saturated heterocycles. The molecule has 8 heteroatoms. The molecule has 0 spiro atoms. The van der Waals surface area contributed by atoms with Crippen LogP contribution in [-0.2, 0) is 22.9 Å². The lowest BCUT2D eigenvalue weighted by Crippen LogP contribution is -2.04. The van der Waals surface area contributed by atoms with Gasteiger partial charge in [-0.25, -0.2) is 13.9 Å². The van der Waals surface area contributed by atoms with Crippen molar-refractivity contribution < 1.29 is 27.7 Å². The van der Waals surface area contributed by atoms with Gasteiger partial charge in [-0.3, -0.25) is 9.05 Å². The van der Waals surface area contributed by atoms with Crippen molar-refractivity contribution in [2.45, 2.75) is 6.29 Å². The van der Waals surface area contributed by atoms with Crippen LogP contribution in [0.15, 0.2) is 22.7 Å². The van der Waals surface area contributed by atoms with Gasteiger partial charge in [-0.15, -0.1) is 0 Å². The van der Waals surface area contributed by atoms with Crippen molar-refractivity contribution in [3.05, 3.63) is 33.8 Å². The molecule has 1 atom stereocenters. The minimum Gasteiger partial charge on any atom is -0.427 e. The van der Waals surface area contributed by atoms with E-state index < -0.39 is 20.1 Å². The normalized spacial score (nSPS) is 18.6. The molecule has 0 fully saturated rings. The third-order valence-electron chi connectivity index (χ3n) is 2.37. The van der Waals surface area contributed by atoms with E-state index in [1.54, 1.807) is 18.2 Å². The number of ether oxygens (including phenoxy) is 1. The molecular weight excluding hydrogens is 327 g/mol. The number of phosphoric acid groups is 1. The Balaban J connectivity index is 2.32. The fourth-order valence-electron chi connectivity index (χ4n) is 1.49. The van der Waals surface area contributed by atoms with Crippen molar-refractivity contribution in [3.8, 4) is 0 Å². The quantitative estimate of drug-likeness (QED) is 0.621. The van der Waals surface area contributed by atoms with E-state index in [4.69, 9.17) is 9.26 Å². The molecule has 18 heavy (non-hydrogen) atoms. The average molecular weight is 337 g/mol. The molecule has 1 aromatic carbocycles. The zero-order valence-corrected chi connectivity index (χ0v) is 12.1. The molecule has 0 saturated carbocycles. The number of cyclic esters (lactones) is 1. The van der Waals surface area contributed by atoms with Crippen molar-refractivity contribution in [1.29, 1.82) is 0 Å². The second-order valence-electron chi connectivity index (χ2n) is 3.39. The lowest BCUT2D eigenvalue weighted by molar-refractivity contribution is -0.0555. The minimum atomic E-state index is -3.72. The van der Waals surface area contributed by atoms with Gasteiger partial charge in [-0.05, 0) is 18.2 Å². The zero-order valence-electron chi connectivity index (χ0n) is 9.58. The van der Waals surface area contributed by atoms with E-state index >= 15 is 0 Å². The summed E-state index contributed by atoms with van der Waals surface area (Å²) in [7, 11) is -1.35. The SMILES string of the molecule is COP(=O)(OC)OC1OC(=O)c2ccc(Br)cc21. The second kappa shape index (κ2) is 5.11. The molecule has 0 N–H and O–H groups in total. The Morgan fingerprint density at radius 1 is 1.33 bits per heavy atom. The predicted octanol–water partition coefficient (Wildman–Crippen LogP) is 3.04. The lowest BCUT2D eigenvalue weighted by Gasteiger charge is -2.17. The van der Waals surface area contributed by atoms with Crippen LogP contribution < -0.4 is 0 Å². The number of carbonyl (C=O) groups is 1. The van der Waals surface area contributed by atoms with Gasteiger partial charge in [0.2, 0.25) is 6.29 Å². The van der Waals surface area contributed by atoms with E-state index in [2.05, 4.69) is 25.0 Å². The molecule has 1 aliphatic heterocycles. The summed E-state index contributed by atoms with van der Waals surface area (Å²) in [5, 5.41) is 0. The predicted molar refractivity (Wildman–Crippen MR) is 65.0 cm³/mol. The maximum atomic E-state index is 11.8. The Morgan fingerprint density at radius 2 is 2.00 bits per heavy atom. The molecule has 2 rings (SSSR count). The van der Waals surface area contributed by atoms with Gasteiger partial charge in [0.15, 0.2) is 0 Å². The van der Waals surface area contributed by atoms with Gasteiger partial charge >= 0.3 is 13.8 Å². The number of carbonyl (C=O) groups excluding carboxylic acids is 1. The van der Waals surface area contributed by atoms with Crippen LogP contribution in [-0.4, -0.2) is 20.2 Å². The minimum absolute atomic E-state index is 0.363. The standard InChI is InChI=1S/C10H10BrO6P/c1-14-18(13,15-2)17-10-8-5-6(11)3-4-7(8)9(12)16-10/h3-5,10H,1-2H3. The van der Waals surface area contributed by atoms with Crippen molar-refractivity contribution in [2.75, 3.05) is 14.2 Å². The molecule has 98 valence electrons. The summed E-state index contributed by atoms with van der Waals surface area (Å²) in [4.78, 5) is 11.6. The van der Waals surface area contributed by atoms with Crippen LogP contribution in [0.1, 0.15) is 22.2 Å². The Morgan fingerprint density at radius 3 is 2.61 bits per heavy atom. The Bertz CT molecular complexity index is 523. The molecule has 0 bridgehead atoms. The third-order valence-corrected chi connectivity index (χ3v) is 4.21. The lowest BCUT2D eigenvalue weighted by atomic mass is 10.1. The highest BCUT2D eigenvalue weighted by atomic mass is 79.9. The van der Waals surface area contributed by atoms with Crippen LogP contribution in [0.25, 0.3) is 0 Å². The largest absolute Gasteiger partial charge is 0.477 e. The number of hydrogen-bond acceptors (Lipinski definition) is 6. The fourth-order valence-corrected chi connectivity index (χ4v) is 2.59. The number of fused-ring (bicyclic) bond motifs is 1. The average Bonchev–Trinajstić information content (AvgIpc) is 2.65. The molecule has 6 nitrogen and oxygen atoms in total. The Kier molecular flexibility index (Phi) is 3.89. The highest BCUT2D eigenvalue weighted by molar-refractivity contribution is 9.10. The fraction of sp³-hybridized carbons (Fsp3) is 0.300. The van der Waals surface area contributed by atoms with E-state index in [9.17, 15) is 9.36 Å². The van der Waals surface area contributed by atoms with Crippen LogP contribution in [0.4, 0.5) is 0 Å². The molecule has 0 aromatic heterocycles. The first-order chi connectivity index (χ1) is 8.49. The van der Waals surface area contributed by atoms with Gasteiger partial charge in [0.1, 0.15) is 0 Å². The molecule has 1 heterocycles.